The van der Waals surface area contributed by atoms with E-state index in [1.54, 1.807) is 24.4 Å². The summed E-state index contributed by atoms with van der Waals surface area (Å²) in [7, 11) is 0. The smallest absolute Gasteiger partial charge is 0.412 e. The lowest BCUT2D eigenvalue weighted by Crippen LogP contribution is -2.45. The number of carbonyl (C=O) groups is 1. The van der Waals surface area contributed by atoms with Crippen LogP contribution in [0.2, 0.25) is 5.02 Å². The third-order valence-corrected chi connectivity index (χ3v) is 3.18. The first kappa shape index (κ1) is 14.5. The monoisotopic (exact) mass is 292 g/mol. The maximum atomic E-state index is 11.6. The number of hydrogen-bond acceptors (Lipinski definition) is 1. The van der Waals surface area contributed by atoms with E-state index in [2.05, 4.69) is 4.98 Å². The van der Waals surface area contributed by atoms with Gasteiger partial charge in [0.2, 0.25) is 0 Å². The van der Waals surface area contributed by atoms with Gasteiger partial charge < -0.3 is 10.1 Å². The molecule has 0 aliphatic rings. The van der Waals surface area contributed by atoms with E-state index in [-0.39, 0.29) is 0 Å². The van der Waals surface area contributed by atoms with Crippen molar-refractivity contribution < 1.29 is 9.90 Å². The second-order valence-corrected chi connectivity index (χ2v) is 5.97. The summed E-state index contributed by atoms with van der Waals surface area (Å²) < 4.78 is 0. The molecule has 1 aromatic carbocycles. The molecule has 1 heterocycles. The number of anilines is 1. The minimum absolute atomic E-state index is 0.555. The molecule has 0 saturated carbocycles. The van der Waals surface area contributed by atoms with Crippen molar-refractivity contribution in [1.82, 2.24) is 4.98 Å². The van der Waals surface area contributed by atoms with Crippen LogP contribution >= 0.6 is 11.6 Å². The number of hydrogen-bond donors (Lipinski definition) is 2. The molecule has 0 spiro atoms. The fourth-order valence-electron chi connectivity index (χ4n) is 2.17. The van der Waals surface area contributed by atoms with E-state index in [4.69, 9.17) is 11.6 Å². The summed E-state index contributed by atoms with van der Waals surface area (Å²) in [5, 5.41) is 10.1. The Labute approximate surface area is 123 Å². The van der Waals surface area contributed by atoms with Gasteiger partial charge in [0.05, 0.1) is 5.69 Å². The van der Waals surface area contributed by atoms with E-state index < -0.39 is 11.6 Å². The Bertz CT molecular complexity index is 615. The Kier molecular flexibility index (Phi) is 3.77. The zero-order chi connectivity index (χ0) is 14.9. The van der Waals surface area contributed by atoms with Crippen molar-refractivity contribution in [3.8, 4) is 11.3 Å². The number of halogens is 1. The third-order valence-electron chi connectivity index (χ3n) is 2.95. The van der Waals surface area contributed by atoms with Crippen LogP contribution in [-0.2, 0) is 0 Å². The maximum Gasteiger partial charge on any atom is 0.412 e. The van der Waals surface area contributed by atoms with Gasteiger partial charge >= 0.3 is 6.09 Å². The Balaban J connectivity index is 2.64. The van der Waals surface area contributed by atoms with Gasteiger partial charge in [0, 0.05) is 28.0 Å². The van der Waals surface area contributed by atoms with Crippen LogP contribution in [0.25, 0.3) is 11.3 Å². The van der Waals surface area contributed by atoms with Crippen molar-refractivity contribution in [3.05, 3.63) is 41.6 Å². The Hall–Kier alpha value is -1.94. The highest BCUT2D eigenvalue weighted by molar-refractivity contribution is 6.31. The Morgan fingerprint density at radius 2 is 2.00 bits per heavy atom. The number of nitrogens with zero attached hydrogens (tertiary/aromatic N) is 1. The van der Waals surface area contributed by atoms with Crippen LogP contribution in [0.1, 0.15) is 20.8 Å². The Morgan fingerprint density at radius 3 is 2.50 bits per heavy atom. The number of aromatic amines is 1. The van der Waals surface area contributed by atoms with Gasteiger partial charge in [-0.3, -0.25) is 4.90 Å². The van der Waals surface area contributed by atoms with E-state index in [0.717, 1.165) is 11.3 Å². The third kappa shape index (κ3) is 2.80. The van der Waals surface area contributed by atoms with E-state index in [1.165, 1.54) is 4.90 Å². The van der Waals surface area contributed by atoms with Crippen LogP contribution in [0.15, 0.2) is 36.5 Å². The molecule has 0 aliphatic carbocycles. The van der Waals surface area contributed by atoms with Crippen molar-refractivity contribution in [2.75, 3.05) is 4.90 Å². The van der Waals surface area contributed by atoms with Gasteiger partial charge in [-0.05, 0) is 51.1 Å². The SMILES string of the molecule is CC(C)(C)N(C(=O)O)c1ccc(Cl)cc1-c1ccc[nH]1. The molecule has 0 unspecified atom stereocenters. The zero-order valence-corrected chi connectivity index (χ0v) is 12.4. The molecule has 106 valence electrons. The summed E-state index contributed by atoms with van der Waals surface area (Å²) in [6.45, 7) is 5.57. The topological polar surface area (TPSA) is 56.3 Å². The predicted octanol–water partition coefficient (Wildman–Crippen LogP) is 4.62. The second-order valence-electron chi connectivity index (χ2n) is 5.53. The predicted molar refractivity (Wildman–Crippen MR) is 81.5 cm³/mol. The molecule has 2 aromatic rings. The number of amides is 1. The molecule has 1 aromatic heterocycles. The van der Waals surface area contributed by atoms with Crippen molar-refractivity contribution in [2.45, 2.75) is 26.3 Å². The summed E-state index contributed by atoms with van der Waals surface area (Å²) >= 11 is 6.05. The molecule has 0 fully saturated rings. The molecule has 4 nitrogen and oxygen atoms in total. The molecular formula is C15H17ClN2O2. The highest BCUT2D eigenvalue weighted by atomic mass is 35.5. The fourth-order valence-corrected chi connectivity index (χ4v) is 2.34. The summed E-state index contributed by atoms with van der Waals surface area (Å²) in [4.78, 5) is 16.1. The average Bonchev–Trinajstić information content (AvgIpc) is 2.82. The van der Waals surface area contributed by atoms with Crippen molar-refractivity contribution in [2.24, 2.45) is 0 Å². The van der Waals surface area contributed by atoms with Gasteiger partial charge in [0.1, 0.15) is 0 Å². The maximum absolute atomic E-state index is 11.6. The first-order valence-corrected chi connectivity index (χ1v) is 6.65. The van der Waals surface area contributed by atoms with Gasteiger partial charge in [-0.25, -0.2) is 4.79 Å². The van der Waals surface area contributed by atoms with Crippen molar-refractivity contribution in [1.29, 1.82) is 0 Å². The summed E-state index contributed by atoms with van der Waals surface area (Å²) in [6.07, 6.45) is 0.801. The van der Waals surface area contributed by atoms with E-state index >= 15 is 0 Å². The summed E-state index contributed by atoms with van der Waals surface area (Å²) in [6, 6.07) is 8.95. The molecule has 0 saturated heterocycles. The molecule has 5 heteroatoms. The molecule has 0 aliphatic heterocycles. The first-order chi connectivity index (χ1) is 9.30. The zero-order valence-electron chi connectivity index (χ0n) is 11.6. The molecule has 0 bridgehead atoms. The number of nitrogens with one attached hydrogen (secondary N) is 1. The fraction of sp³-hybridized carbons (Fsp3) is 0.267. The van der Waals surface area contributed by atoms with Crippen LogP contribution in [0.3, 0.4) is 0 Å². The van der Waals surface area contributed by atoms with Crippen LogP contribution in [0.4, 0.5) is 10.5 Å². The second kappa shape index (κ2) is 5.21. The number of rotatable bonds is 2. The molecule has 0 atom stereocenters. The van der Waals surface area contributed by atoms with Crippen LogP contribution in [-0.4, -0.2) is 21.7 Å². The largest absolute Gasteiger partial charge is 0.465 e. The standard InChI is InChI=1S/C15H17ClN2O2/c1-15(2,3)18(14(19)20)13-7-6-10(16)9-11(13)12-5-4-8-17-12/h4-9,17H,1-3H3,(H,19,20). The average molecular weight is 293 g/mol. The number of H-pyrrole nitrogens is 1. The quantitative estimate of drug-likeness (QED) is 0.848. The molecule has 2 rings (SSSR count). The summed E-state index contributed by atoms with van der Waals surface area (Å²) in [5.41, 5.74) is 1.65. The normalized spacial score (nSPS) is 11.4. The van der Waals surface area contributed by atoms with Crippen LogP contribution in [0, 0.1) is 0 Å². The number of aromatic nitrogens is 1. The van der Waals surface area contributed by atoms with Gasteiger partial charge in [-0.2, -0.15) is 0 Å². The lowest BCUT2D eigenvalue weighted by Gasteiger charge is -2.34. The lowest BCUT2D eigenvalue weighted by molar-refractivity contribution is 0.195. The molecule has 0 radical (unpaired) electrons. The highest BCUT2D eigenvalue weighted by Gasteiger charge is 2.30. The summed E-state index contributed by atoms with van der Waals surface area (Å²) in [5.74, 6) is 0. The van der Waals surface area contributed by atoms with Gasteiger partial charge in [-0.15, -0.1) is 0 Å². The molecular weight excluding hydrogens is 276 g/mol. The minimum atomic E-state index is -0.993. The van der Waals surface area contributed by atoms with Crippen molar-refractivity contribution >= 4 is 23.4 Å². The van der Waals surface area contributed by atoms with Gasteiger partial charge in [-0.1, -0.05) is 11.6 Å². The molecule has 2 N–H and O–H groups in total. The van der Waals surface area contributed by atoms with Crippen LogP contribution in [0.5, 0.6) is 0 Å². The van der Waals surface area contributed by atoms with Gasteiger partial charge in [0.15, 0.2) is 0 Å². The van der Waals surface area contributed by atoms with E-state index in [1.807, 2.05) is 32.9 Å². The Morgan fingerprint density at radius 1 is 1.30 bits per heavy atom. The first-order valence-electron chi connectivity index (χ1n) is 6.27. The van der Waals surface area contributed by atoms with Crippen LogP contribution < -0.4 is 4.90 Å². The molecule has 1 amide bonds. The van der Waals surface area contributed by atoms with Gasteiger partial charge in [0.25, 0.3) is 0 Å². The lowest BCUT2D eigenvalue weighted by atomic mass is 10.0. The van der Waals surface area contributed by atoms with E-state index in [9.17, 15) is 9.90 Å². The van der Waals surface area contributed by atoms with Crippen molar-refractivity contribution in [3.63, 3.8) is 0 Å². The highest BCUT2D eigenvalue weighted by Crippen LogP contribution is 2.35. The minimum Gasteiger partial charge on any atom is -0.465 e. The number of benzene rings is 1. The van der Waals surface area contributed by atoms with E-state index in [0.29, 0.717) is 10.7 Å². The molecule has 20 heavy (non-hydrogen) atoms. The number of carboxylic acid groups (broad SMARTS) is 1.